The van der Waals surface area contributed by atoms with Crippen LogP contribution < -0.4 is 10.6 Å². The Bertz CT molecular complexity index is 1000. The minimum absolute atomic E-state index is 0.0132. The van der Waals surface area contributed by atoms with Gasteiger partial charge in [0.1, 0.15) is 5.54 Å². The molecule has 9 heteroatoms. The van der Waals surface area contributed by atoms with Gasteiger partial charge in [0.25, 0.3) is 11.8 Å². The molecule has 0 spiro atoms. The molecule has 0 aliphatic carbocycles. The Balaban J connectivity index is 1.66. The van der Waals surface area contributed by atoms with Crippen molar-refractivity contribution in [2.45, 2.75) is 39.3 Å². The molecule has 1 aliphatic heterocycles. The lowest BCUT2D eigenvalue weighted by Crippen LogP contribution is -2.52. The molecule has 1 atom stereocenters. The molecule has 1 aromatic heterocycles. The van der Waals surface area contributed by atoms with Gasteiger partial charge in [-0.05, 0) is 63.6 Å². The van der Waals surface area contributed by atoms with E-state index in [4.69, 9.17) is 16.3 Å². The molecule has 1 saturated heterocycles. The zero-order valence-electron chi connectivity index (χ0n) is 18.0. The summed E-state index contributed by atoms with van der Waals surface area (Å²) in [7, 11) is 0. The number of hydrogen-bond acceptors (Lipinski definition) is 5. The topological polar surface area (TPSA) is 87.7 Å². The fourth-order valence-electron chi connectivity index (χ4n) is 3.28. The van der Waals surface area contributed by atoms with E-state index in [2.05, 4.69) is 10.6 Å². The molecule has 0 saturated carbocycles. The smallest absolute Gasteiger partial charge is 0.262 e. The number of aryl methyl sites for hydroxylation is 1. The van der Waals surface area contributed by atoms with Gasteiger partial charge < -0.3 is 20.3 Å². The maximum atomic E-state index is 12.8. The predicted molar refractivity (Wildman–Crippen MR) is 122 cm³/mol. The average molecular weight is 464 g/mol. The van der Waals surface area contributed by atoms with Crippen LogP contribution in [0.3, 0.4) is 0 Å². The van der Waals surface area contributed by atoms with E-state index in [1.807, 2.05) is 13.8 Å². The summed E-state index contributed by atoms with van der Waals surface area (Å²) in [4.78, 5) is 40.2. The predicted octanol–water partition coefficient (Wildman–Crippen LogP) is 3.72. The van der Waals surface area contributed by atoms with Crippen molar-refractivity contribution in [3.63, 3.8) is 0 Å². The fourth-order valence-corrected chi connectivity index (χ4v) is 4.22. The van der Waals surface area contributed by atoms with Crippen LogP contribution in [0.5, 0.6) is 0 Å². The Morgan fingerprint density at radius 2 is 1.97 bits per heavy atom. The second-order valence-corrected chi connectivity index (χ2v) is 9.81. The van der Waals surface area contributed by atoms with E-state index < -0.39 is 5.54 Å². The molecule has 0 radical (unpaired) electrons. The lowest BCUT2D eigenvalue weighted by Gasteiger charge is -2.31. The lowest BCUT2D eigenvalue weighted by molar-refractivity contribution is -0.120. The number of nitrogens with one attached hydrogen (secondary N) is 2. The molecule has 166 valence electrons. The maximum absolute atomic E-state index is 12.8. The normalized spacial score (nSPS) is 16.7. The van der Waals surface area contributed by atoms with Crippen LogP contribution in [-0.2, 0) is 9.53 Å². The lowest BCUT2D eigenvalue weighted by atomic mass is 10.0. The van der Waals surface area contributed by atoms with Crippen LogP contribution >= 0.6 is 22.9 Å². The van der Waals surface area contributed by atoms with E-state index in [0.29, 0.717) is 40.2 Å². The van der Waals surface area contributed by atoms with Crippen molar-refractivity contribution in [3.05, 3.63) is 50.7 Å². The summed E-state index contributed by atoms with van der Waals surface area (Å²) in [6.07, 6.45) is 0.0132. The van der Waals surface area contributed by atoms with Crippen molar-refractivity contribution in [2.75, 3.05) is 25.0 Å². The Hall–Kier alpha value is -2.42. The first-order valence-corrected chi connectivity index (χ1v) is 11.2. The second kappa shape index (κ2) is 9.38. The quantitative estimate of drug-likeness (QED) is 0.707. The number of halogens is 1. The highest BCUT2D eigenvalue weighted by Crippen LogP contribution is 2.23. The summed E-state index contributed by atoms with van der Waals surface area (Å²) < 4.78 is 6.00. The van der Waals surface area contributed by atoms with E-state index in [0.717, 1.165) is 16.9 Å². The molecular formula is C22H26ClN3O4S. The molecule has 1 aliphatic rings. The third-order valence-electron chi connectivity index (χ3n) is 5.03. The van der Waals surface area contributed by atoms with Crippen molar-refractivity contribution in [1.29, 1.82) is 0 Å². The van der Waals surface area contributed by atoms with E-state index in [1.165, 1.54) is 0 Å². The van der Waals surface area contributed by atoms with E-state index >= 15 is 0 Å². The number of hydrogen-bond donors (Lipinski definition) is 2. The largest absolute Gasteiger partial charge is 0.375 e. The van der Waals surface area contributed by atoms with Crippen molar-refractivity contribution in [1.82, 2.24) is 10.2 Å². The number of amides is 3. The van der Waals surface area contributed by atoms with Crippen molar-refractivity contribution in [2.24, 2.45) is 0 Å². The molecule has 3 rings (SSSR count). The Morgan fingerprint density at radius 3 is 2.58 bits per heavy atom. The molecule has 1 unspecified atom stereocenters. The minimum atomic E-state index is -1.15. The Kier molecular flexibility index (Phi) is 7.03. The molecule has 1 fully saturated rings. The Labute approximate surface area is 190 Å². The summed E-state index contributed by atoms with van der Waals surface area (Å²) >= 11 is 7.03. The summed E-state index contributed by atoms with van der Waals surface area (Å²) in [5.41, 5.74) is 0.752. The number of carbonyl (C=O) groups is 3. The van der Waals surface area contributed by atoms with Gasteiger partial charge in [0.05, 0.1) is 21.9 Å². The van der Waals surface area contributed by atoms with Crippen LogP contribution in [0.25, 0.3) is 0 Å². The van der Waals surface area contributed by atoms with Gasteiger partial charge in [-0.2, -0.15) is 0 Å². The van der Waals surface area contributed by atoms with Crippen LogP contribution in [-0.4, -0.2) is 54.0 Å². The number of anilines is 1. The third kappa shape index (κ3) is 5.64. The van der Waals surface area contributed by atoms with Gasteiger partial charge in [-0.25, -0.2) is 0 Å². The van der Waals surface area contributed by atoms with Gasteiger partial charge in [0, 0.05) is 24.3 Å². The zero-order valence-corrected chi connectivity index (χ0v) is 19.5. The van der Waals surface area contributed by atoms with Crippen LogP contribution in [0.2, 0.25) is 4.34 Å². The van der Waals surface area contributed by atoms with Gasteiger partial charge in [0.2, 0.25) is 5.91 Å². The second-order valence-electron chi connectivity index (χ2n) is 8.10. The molecule has 2 aromatic rings. The zero-order chi connectivity index (χ0) is 22.8. The summed E-state index contributed by atoms with van der Waals surface area (Å²) in [5.74, 6) is -0.786. The standard InChI is InChI=1S/C22H26ClN3O4S/c1-13-11-15(5-6-16(13)20(28)26-9-10-30-14(2)12-26)24-21(29)22(3,4)25-19(27)17-7-8-18(23)31-17/h5-8,11,14H,9-10,12H2,1-4H3,(H,24,29)(H,25,27). The monoisotopic (exact) mass is 463 g/mol. The molecule has 3 amide bonds. The number of ether oxygens (including phenoxy) is 1. The number of morpholine rings is 1. The molecule has 1 aromatic carbocycles. The molecule has 2 N–H and O–H groups in total. The fraction of sp³-hybridized carbons (Fsp3) is 0.409. The molecule has 7 nitrogen and oxygen atoms in total. The average Bonchev–Trinajstić information content (AvgIpc) is 3.14. The first-order chi connectivity index (χ1) is 14.6. The van der Waals surface area contributed by atoms with Gasteiger partial charge in [-0.3, -0.25) is 14.4 Å². The van der Waals surface area contributed by atoms with E-state index in [1.54, 1.807) is 49.1 Å². The van der Waals surface area contributed by atoms with Gasteiger partial charge in [-0.15, -0.1) is 11.3 Å². The van der Waals surface area contributed by atoms with E-state index in [-0.39, 0.29) is 23.8 Å². The summed E-state index contributed by atoms with van der Waals surface area (Å²) in [6, 6.07) is 8.42. The first-order valence-electron chi connectivity index (χ1n) is 9.97. The van der Waals surface area contributed by atoms with Crippen LogP contribution in [0.4, 0.5) is 5.69 Å². The number of benzene rings is 1. The Morgan fingerprint density at radius 1 is 1.23 bits per heavy atom. The highest BCUT2D eigenvalue weighted by molar-refractivity contribution is 7.18. The summed E-state index contributed by atoms with van der Waals surface area (Å²) in [5, 5.41) is 5.54. The van der Waals surface area contributed by atoms with Gasteiger partial charge in [0.15, 0.2) is 0 Å². The van der Waals surface area contributed by atoms with Gasteiger partial charge >= 0.3 is 0 Å². The molecule has 31 heavy (non-hydrogen) atoms. The number of rotatable bonds is 5. The number of nitrogens with zero attached hydrogens (tertiary/aromatic N) is 1. The minimum Gasteiger partial charge on any atom is -0.375 e. The summed E-state index contributed by atoms with van der Waals surface area (Å²) in [6.45, 7) is 8.67. The highest BCUT2D eigenvalue weighted by atomic mass is 35.5. The first kappa shape index (κ1) is 23.2. The van der Waals surface area contributed by atoms with Crippen molar-refractivity contribution >= 4 is 46.3 Å². The molecular weight excluding hydrogens is 438 g/mol. The molecule has 2 heterocycles. The number of carbonyl (C=O) groups excluding carboxylic acids is 3. The van der Waals surface area contributed by atoms with E-state index in [9.17, 15) is 14.4 Å². The van der Waals surface area contributed by atoms with Crippen molar-refractivity contribution < 1.29 is 19.1 Å². The van der Waals surface area contributed by atoms with Crippen molar-refractivity contribution in [3.8, 4) is 0 Å². The van der Waals surface area contributed by atoms with Crippen LogP contribution in [0.1, 0.15) is 46.4 Å². The molecule has 0 bridgehead atoms. The van der Waals surface area contributed by atoms with Crippen LogP contribution in [0.15, 0.2) is 30.3 Å². The van der Waals surface area contributed by atoms with Crippen LogP contribution in [0, 0.1) is 6.92 Å². The maximum Gasteiger partial charge on any atom is 0.262 e. The number of thiophene rings is 1. The third-order valence-corrected chi connectivity index (χ3v) is 6.26. The SMILES string of the molecule is Cc1cc(NC(=O)C(C)(C)NC(=O)c2ccc(Cl)s2)ccc1C(=O)N1CCOC(C)C1. The highest BCUT2D eigenvalue weighted by Gasteiger charge is 2.31. The van der Waals surface area contributed by atoms with Gasteiger partial charge in [-0.1, -0.05) is 11.6 Å².